The molecule has 1 heterocycles. The quantitative estimate of drug-likeness (QED) is 0.809. The molecule has 3 nitrogen and oxygen atoms in total. The van der Waals surface area contributed by atoms with E-state index in [9.17, 15) is 4.79 Å². The molecule has 1 unspecified atom stereocenters. The molecule has 0 radical (unpaired) electrons. The first-order chi connectivity index (χ1) is 9.42. The van der Waals surface area contributed by atoms with Gasteiger partial charge in [0.1, 0.15) is 0 Å². The number of nitrogens with one attached hydrogen (secondary N) is 1. The van der Waals surface area contributed by atoms with Crippen LogP contribution >= 0.6 is 0 Å². The van der Waals surface area contributed by atoms with Gasteiger partial charge in [0, 0.05) is 6.54 Å². The molecule has 1 aliphatic carbocycles. The summed E-state index contributed by atoms with van der Waals surface area (Å²) in [5.74, 6) is 1.64. The van der Waals surface area contributed by atoms with E-state index < -0.39 is 0 Å². The van der Waals surface area contributed by atoms with Gasteiger partial charge in [0.05, 0.1) is 12.7 Å². The predicted molar refractivity (Wildman–Crippen MR) is 83.3 cm³/mol. The maximum absolute atomic E-state index is 12.5. The molecular formula is C17H32N2O. The monoisotopic (exact) mass is 280 g/mol. The topological polar surface area (TPSA) is 32.3 Å². The van der Waals surface area contributed by atoms with E-state index in [1.165, 1.54) is 32.1 Å². The fourth-order valence-corrected chi connectivity index (χ4v) is 4.22. The van der Waals surface area contributed by atoms with Crippen molar-refractivity contribution in [1.29, 1.82) is 0 Å². The van der Waals surface area contributed by atoms with Gasteiger partial charge in [-0.3, -0.25) is 10.1 Å². The lowest BCUT2D eigenvalue weighted by atomic mass is 9.78. The molecule has 0 aromatic heterocycles. The average molecular weight is 280 g/mol. The predicted octanol–water partition coefficient (Wildman–Crippen LogP) is 3.40. The van der Waals surface area contributed by atoms with Crippen LogP contribution in [0.15, 0.2) is 0 Å². The maximum Gasteiger partial charge on any atom is 0.240 e. The van der Waals surface area contributed by atoms with E-state index in [1.54, 1.807) is 0 Å². The minimum Gasteiger partial charge on any atom is -0.328 e. The Morgan fingerprint density at radius 3 is 2.40 bits per heavy atom. The molecule has 1 amide bonds. The van der Waals surface area contributed by atoms with Crippen LogP contribution in [-0.4, -0.2) is 30.1 Å². The first-order valence-electron chi connectivity index (χ1n) is 8.44. The van der Waals surface area contributed by atoms with Gasteiger partial charge in [-0.2, -0.15) is 0 Å². The van der Waals surface area contributed by atoms with Crippen LogP contribution in [0.25, 0.3) is 0 Å². The van der Waals surface area contributed by atoms with Gasteiger partial charge < -0.3 is 4.90 Å². The smallest absolute Gasteiger partial charge is 0.240 e. The Bertz CT molecular complexity index is 332. The van der Waals surface area contributed by atoms with E-state index in [-0.39, 0.29) is 6.04 Å². The number of carbonyl (C=O) groups excluding carboxylic acids is 1. The summed E-state index contributed by atoms with van der Waals surface area (Å²) in [6.45, 7) is 10.7. The van der Waals surface area contributed by atoms with Crippen molar-refractivity contribution in [1.82, 2.24) is 10.2 Å². The summed E-state index contributed by atoms with van der Waals surface area (Å²) in [5.41, 5.74) is 0.401. The van der Waals surface area contributed by atoms with Gasteiger partial charge in [-0.25, -0.2) is 0 Å². The lowest BCUT2D eigenvalue weighted by Crippen LogP contribution is -2.39. The van der Waals surface area contributed by atoms with Crippen molar-refractivity contribution >= 4 is 5.91 Å². The first kappa shape index (κ1) is 15.8. The summed E-state index contributed by atoms with van der Waals surface area (Å²) in [6.07, 6.45) is 7.54. The van der Waals surface area contributed by atoms with Crippen molar-refractivity contribution in [3.63, 3.8) is 0 Å². The summed E-state index contributed by atoms with van der Waals surface area (Å²) < 4.78 is 0. The Hall–Kier alpha value is -0.570. The zero-order valence-corrected chi connectivity index (χ0v) is 13.7. The molecule has 116 valence electrons. The Balaban J connectivity index is 1.96. The van der Waals surface area contributed by atoms with Gasteiger partial charge in [0.15, 0.2) is 0 Å². The normalized spacial score (nSPS) is 26.2. The van der Waals surface area contributed by atoms with Crippen LogP contribution in [0.5, 0.6) is 0 Å². The Morgan fingerprint density at radius 1 is 1.20 bits per heavy atom. The Morgan fingerprint density at radius 2 is 1.85 bits per heavy atom. The van der Waals surface area contributed by atoms with E-state index in [0.717, 1.165) is 25.6 Å². The van der Waals surface area contributed by atoms with Crippen LogP contribution in [0, 0.1) is 17.3 Å². The Labute approximate surface area is 124 Å². The molecule has 1 atom stereocenters. The van der Waals surface area contributed by atoms with Gasteiger partial charge in [-0.15, -0.1) is 0 Å². The molecular weight excluding hydrogens is 248 g/mol. The second kappa shape index (κ2) is 6.46. The van der Waals surface area contributed by atoms with Crippen LogP contribution in [0.1, 0.15) is 66.2 Å². The average Bonchev–Trinajstić information content (AvgIpc) is 2.90. The zero-order chi connectivity index (χ0) is 14.8. The number of carbonyl (C=O) groups is 1. The van der Waals surface area contributed by atoms with E-state index in [1.807, 2.05) is 0 Å². The molecule has 2 rings (SSSR count). The molecule has 1 saturated carbocycles. The van der Waals surface area contributed by atoms with E-state index in [4.69, 9.17) is 0 Å². The van der Waals surface area contributed by atoms with Crippen LogP contribution in [0.4, 0.5) is 0 Å². The molecule has 1 aliphatic heterocycles. The van der Waals surface area contributed by atoms with E-state index in [0.29, 0.717) is 17.2 Å². The van der Waals surface area contributed by atoms with Gasteiger partial charge in [-0.1, -0.05) is 40.5 Å². The minimum atomic E-state index is 0.0625. The molecule has 0 aromatic carbocycles. The van der Waals surface area contributed by atoms with Crippen LogP contribution in [0.2, 0.25) is 0 Å². The molecule has 20 heavy (non-hydrogen) atoms. The maximum atomic E-state index is 12.5. The van der Waals surface area contributed by atoms with Crippen molar-refractivity contribution < 1.29 is 4.79 Å². The van der Waals surface area contributed by atoms with Gasteiger partial charge in [-0.05, 0) is 42.9 Å². The fourth-order valence-electron chi connectivity index (χ4n) is 4.22. The number of nitrogens with zero attached hydrogens (tertiary/aromatic N) is 1. The number of amides is 1. The molecule has 3 heteroatoms. The molecule has 2 fully saturated rings. The molecule has 0 aromatic rings. The molecule has 1 saturated heterocycles. The third-order valence-corrected chi connectivity index (χ3v) is 4.88. The summed E-state index contributed by atoms with van der Waals surface area (Å²) in [7, 11) is 0. The second-order valence-corrected chi connectivity index (χ2v) is 7.89. The highest BCUT2D eigenvalue weighted by Crippen LogP contribution is 2.44. The zero-order valence-electron chi connectivity index (χ0n) is 13.7. The fraction of sp³-hybridized carbons (Fsp3) is 0.941. The first-order valence-corrected chi connectivity index (χ1v) is 8.44. The highest BCUT2D eigenvalue weighted by Gasteiger charge is 2.40. The lowest BCUT2D eigenvalue weighted by Gasteiger charge is -2.35. The molecule has 0 bridgehead atoms. The molecule has 2 aliphatic rings. The van der Waals surface area contributed by atoms with Gasteiger partial charge >= 0.3 is 0 Å². The molecule has 0 spiro atoms. The largest absolute Gasteiger partial charge is 0.328 e. The van der Waals surface area contributed by atoms with E-state index >= 15 is 0 Å². The number of hydrogen-bond acceptors (Lipinski definition) is 2. The SMILES string of the molecule is CC(C)CC1NCN(CC2(CC(C)C)CCCC2)C1=O. The van der Waals surface area contributed by atoms with Crippen LogP contribution < -0.4 is 5.32 Å². The third kappa shape index (κ3) is 3.75. The van der Waals surface area contributed by atoms with Gasteiger partial charge in [0.2, 0.25) is 5.91 Å². The summed E-state index contributed by atoms with van der Waals surface area (Å²) in [5, 5.41) is 3.41. The van der Waals surface area contributed by atoms with Crippen LogP contribution in [-0.2, 0) is 4.79 Å². The Kier molecular flexibility index (Phi) is 5.11. The summed E-state index contributed by atoms with van der Waals surface area (Å²) >= 11 is 0. The highest BCUT2D eigenvalue weighted by molar-refractivity contribution is 5.83. The standard InChI is InChI=1S/C17H32N2O/c1-13(2)9-15-16(20)19(12-18-15)11-17(10-14(3)4)7-5-6-8-17/h13-15,18H,5-12H2,1-4H3. The summed E-state index contributed by atoms with van der Waals surface area (Å²) in [4.78, 5) is 14.6. The second-order valence-electron chi connectivity index (χ2n) is 7.89. The van der Waals surface area contributed by atoms with Crippen molar-refractivity contribution in [2.45, 2.75) is 72.3 Å². The highest BCUT2D eigenvalue weighted by atomic mass is 16.2. The van der Waals surface area contributed by atoms with Crippen molar-refractivity contribution in [3.05, 3.63) is 0 Å². The summed E-state index contributed by atoms with van der Waals surface area (Å²) in [6, 6.07) is 0.0625. The minimum absolute atomic E-state index is 0.0625. The lowest BCUT2D eigenvalue weighted by molar-refractivity contribution is -0.130. The van der Waals surface area contributed by atoms with Gasteiger partial charge in [0.25, 0.3) is 0 Å². The number of hydrogen-bond donors (Lipinski definition) is 1. The van der Waals surface area contributed by atoms with Crippen molar-refractivity contribution in [2.75, 3.05) is 13.2 Å². The van der Waals surface area contributed by atoms with Crippen molar-refractivity contribution in [3.8, 4) is 0 Å². The number of rotatable bonds is 6. The van der Waals surface area contributed by atoms with Crippen molar-refractivity contribution in [2.24, 2.45) is 17.3 Å². The van der Waals surface area contributed by atoms with E-state index in [2.05, 4.69) is 37.9 Å². The third-order valence-electron chi connectivity index (χ3n) is 4.88. The molecule has 1 N–H and O–H groups in total. The van der Waals surface area contributed by atoms with Crippen LogP contribution in [0.3, 0.4) is 0 Å².